The largest absolute Gasteiger partial charge is 0.397 e. The smallest absolute Gasteiger partial charge is 0.376 e. The normalized spacial score (nSPS) is 27.4. The summed E-state index contributed by atoms with van der Waals surface area (Å²) in [6.07, 6.45) is -1.46. The Morgan fingerprint density at radius 3 is 2.35 bits per heavy atom. The summed E-state index contributed by atoms with van der Waals surface area (Å²) in [6.45, 7) is 0.0777. The van der Waals surface area contributed by atoms with Crippen LogP contribution >= 0.6 is 0 Å². The van der Waals surface area contributed by atoms with Gasteiger partial charge < -0.3 is 9.64 Å². The molecule has 31 heavy (non-hydrogen) atoms. The Balaban J connectivity index is 1.59. The van der Waals surface area contributed by atoms with Gasteiger partial charge in [-0.25, -0.2) is 13.1 Å². The van der Waals surface area contributed by atoms with Gasteiger partial charge in [-0.1, -0.05) is 30.3 Å². The molecule has 174 valence electrons. The van der Waals surface area contributed by atoms with Crippen molar-refractivity contribution in [3.8, 4) is 0 Å². The zero-order chi connectivity index (χ0) is 22.6. The van der Waals surface area contributed by atoms with Gasteiger partial charge in [-0.05, 0) is 43.6 Å². The number of alkyl halides is 3. The molecule has 2 atom stereocenters. The third kappa shape index (κ3) is 7.18. The van der Waals surface area contributed by atoms with Gasteiger partial charge in [-0.2, -0.15) is 13.2 Å². The van der Waals surface area contributed by atoms with Crippen LogP contribution in [0.1, 0.15) is 50.0 Å². The monoisotopic (exact) mass is 462 g/mol. The molecule has 0 aromatic heterocycles. The SMILES string of the molecule is CS(=O)(=O)NC1CCN(C(=O)CC(F)(F)F)C1COC1CCC(c2ccccc2)CC1. The summed E-state index contributed by atoms with van der Waals surface area (Å²) in [5, 5.41) is 0. The first kappa shape index (κ1) is 24.0. The van der Waals surface area contributed by atoms with E-state index in [1.807, 2.05) is 18.2 Å². The lowest BCUT2D eigenvalue weighted by molar-refractivity contribution is -0.163. The van der Waals surface area contributed by atoms with Crippen molar-refractivity contribution in [3.05, 3.63) is 35.9 Å². The highest BCUT2D eigenvalue weighted by molar-refractivity contribution is 7.88. The van der Waals surface area contributed by atoms with E-state index in [0.29, 0.717) is 5.92 Å². The summed E-state index contributed by atoms with van der Waals surface area (Å²) >= 11 is 0. The van der Waals surface area contributed by atoms with Gasteiger partial charge in [0.2, 0.25) is 15.9 Å². The van der Waals surface area contributed by atoms with Gasteiger partial charge in [0, 0.05) is 12.6 Å². The standard InChI is InChI=1S/C21H29F3N2O4S/c1-31(28,29)25-18-11-12-26(20(27)13-21(22,23)24)19(18)14-30-17-9-7-16(8-10-17)15-5-3-2-4-6-15/h2-6,16-19,25H,7-14H2,1H3. The Kier molecular flexibility index (Phi) is 7.64. The molecule has 2 unspecified atom stereocenters. The number of hydrogen-bond acceptors (Lipinski definition) is 4. The zero-order valence-corrected chi connectivity index (χ0v) is 18.3. The van der Waals surface area contributed by atoms with Crippen LogP contribution in [0.2, 0.25) is 0 Å². The van der Waals surface area contributed by atoms with E-state index in [9.17, 15) is 26.4 Å². The highest BCUT2D eigenvalue weighted by atomic mass is 32.2. The lowest BCUT2D eigenvalue weighted by atomic mass is 9.83. The number of likely N-dealkylation sites (tertiary alicyclic amines) is 1. The molecule has 1 saturated carbocycles. The van der Waals surface area contributed by atoms with E-state index in [2.05, 4.69) is 16.9 Å². The fraction of sp³-hybridized carbons (Fsp3) is 0.667. The van der Waals surface area contributed by atoms with E-state index < -0.39 is 40.6 Å². The highest BCUT2D eigenvalue weighted by Gasteiger charge is 2.42. The van der Waals surface area contributed by atoms with E-state index in [1.165, 1.54) is 5.56 Å². The van der Waals surface area contributed by atoms with Crippen LogP contribution in [0.4, 0.5) is 13.2 Å². The summed E-state index contributed by atoms with van der Waals surface area (Å²) in [5.74, 6) is -0.594. The number of carbonyl (C=O) groups excluding carboxylic acids is 1. The van der Waals surface area contributed by atoms with Crippen LogP contribution in [0.15, 0.2) is 30.3 Å². The van der Waals surface area contributed by atoms with Crippen molar-refractivity contribution < 1.29 is 31.1 Å². The molecular formula is C21H29F3N2O4S. The van der Waals surface area contributed by atoms with Crippen molar-refractivity contribution in [1.29, 1.82) is 0 Å². The number of carbonyl (C=O) groups is 1. The van der Waals surface area contributed by atoms with Crippen LogP contribution in [0.3, 0.4) is 0 Å². The number of sulfonamides is 1. The molecule has 3 rings (SSSR count). The van der Waals surface area contributed by atoms with Crippen LogP contribution in [-0.2, 0) is 19.6 Å². The lowest BCUT2D eigenvalue weighted by Crippen LogP contribution is -2.50. The zero-order valence-electron chi connectivity index (χ0n) is 17.5. The minimum Gasteiger partial charge on any atom is -0.376 e. The lowest BCUT2D eigenvalue weighted by Gasteiger charge is -2.33. The van der Waals surface area contributed by atoms with Crippen LogP contribution in [0.5, 0.6) is 0 Å². The van der Waals surface area contributed by atoms with Crippen molar-refractivity contribution in [2.75, 3.05) is 19.4 Å². The first-order valence-corrected chi connectivity index (χ1v) is 12.4. The van der Waals surface area contributed by atoms with Crippen molar-refractivity contribution >= 4 is 15.9 Å². The van der Waals surface area contributed by atoms with E-state index >= 15 is 0 Å². The third-order valence-corrected chi connectivity index (χ3v) is 6.76. The molecule has 1 N–H and O–H groups in total. The number of ether oxygens (including phenoxy) is 1. The number of nitrogens with zero attached hydrogens (tertiary/aromatic N) is 1. The molecule has 1 aliphatic carbocycles. The van der Waals surface area contributed by atoms with Crippen molar-refractivity contribution in [1.82, 2.24) is 9.62 Å². The summed E-state index contributed by atoms with van der Waals surface area (Å²) in [7, 11) is -3.57. The number of halogens is 3. The molecule has 1 amide bonds. The molecule has 0 bridgehead atoms. The second kappa shape index (κ2) is 9.87. The summed E-state index contributed by atoms with van der Waals surface area (Å²) < 4.78 is 70.0. The minimum absolute atomic E-state index is 0.0114. The maximum atomic E-state index is 12.7. The number of nitrogens with one attached hydrogen (secondary N) is 1. The van der Waals surface area contributed by atoms with E-state index in [-0.39, 0.29) is 25.7 Å². The molecule has 1 aliphatic heterocycles. The van der Waals surface area contributed by atoms with Crippen LogP contribution in [0.25, 0.3) is 0 Å². The van der Waals surface area contributed by atoms with Crippen LogP contribution < -0.4 is 4.72 Å². The van der Waals surface area contributed by atoms with E-state index in [1.54, 1.807) is 0 Å². The summed E-state index contributed by atoms with van der Waals surface area (Å²) in [4.78, 5) is 13.3. The van der Waals surface area contributed by atoms with Gasteiger partial charge in [0.05, 0.1) is 25.0 Å². The molecule has 1 saturated heterocycles. The Labute approximate surface area is 181 Å². The topological polar surface area (TPSA) is 75.7 Å². The Hall–Kier alpha value is -1.65. The van der Waals surface area contributed by atoms with Gasteiger partial charge in [-0.3, -0.25) is 4.79 Å². The molecule has 1 aromatic carbocycles. The first-order valence-electron chi connectivity index (χ1n) is 10.5. The summed E-state index contributed by atoms with van der Waals surface area (Å²) in [5.41, 5.74) is 1.29. The molecule has 0 radical (unpaired) electrons. The van der Waals surface area contributed by atoms with Gasteiger partial charge in [-0.15, -0.1) is 0 Å². The average molecular weight is 463 g/mol. The number of hydrogen-bond donors (Lipinski definition) is 1. The second-order valence-corrected chi connectivity index (χ2v) is 10.2. The molecule has 1 aromatic rings. The third-order valence-electron chi connectivity index (χ3n) is 6.03. The van der Waals surface area contributed by atoms with Crippen molar-refractivity contribution in [2.45, 2.75) is 68.8 Å². The predicted octanol–water partition coefficient (Wildman–Crippen LogP) is 3.20. The molecule has 2 aliphatic rings. The number of benzene rings is 1. The molecule has 2 fully saturated rings. The maximum absolute atomic E-state index is 12.7. The van der Waals surface area contributed by atoms with Crippen LogP contribution in [-0.4, -0.2) is 63.0 Å². The minimum atomic E-state index is -4.61. The Morgan fingerprint density at radius 1 is 1.13 bits per heavy atom. The summed E-state index contributed by atoms with van der Waals surface area (Å²) in [6, 6.07) is 8.81. The second-order valence-electron chi connectivity index (χ2n) is 8.45. The highest BCUT2D eigenvalue weighted by Crippen LogP contribution is 2.34. The predicted molar refractivity (Wildman–Crippen MR) is 110 cm³/mol. The quantitative estimate of drug-likeness (QED) is 0.675. The van der Waals surface area contributed by atoms with Crippen molar-refractivity contribution in [2.24, 2.45) is 0 Å². The fourth-order valence-corrected chi connectivity index (χ4v) is 5.40. The molecule has 6 nitrogen and oxygen atoms in total. The fourth-order valence-electron chi connectivity index (χ4n) is 4.58. The number of amides is 1. The average Bonchev–Trinajstić information content (AvgIpc) is 3.07. The molecular weight excluding hydrogens is 433 g/mol. The van der Waals surface area contributed by atoms with Gasteiger partial charge >= 0.3 is 6.18 Å². The molecule has 0 spiro atoms. The van der Waals surface area contributed by atoms with Gasteiger partial charge in [0.25, 0.3) is 0 Å². The van der Waals surface area contributed by atoms with E-state index in [0.717, 1.165) is 36.8 Å². The van der Waals surface area contributed by atoms with E-state index in [4.69, 9.17) is 4.74 Å². The Bertz CT molecular complexity index is 840. The van der Waals surface area contributed by atoms with Gasteiger partial charge in [0.15, 0.2) is 0 Å². The number of rotatable bonds is 7. The Morgan fingerprint density at radius 2 is 1.77 bits per heavy atom. The molecule has 1 heterocycles. The maximum Gasteiger partial charge on any atom is 0.397 e. The van der Waals surface area contributed by atoms with Crippen LogP contribution in [0, 0.1) is 0 Å². The molecule has 10 heteroatoms. The van der Waals surface area contributed by atoms with Crippen molar-refractivity contribution in [3.63, 3.8) is 0 Å². The first-order chi connectivity index (χ1) is 14.5. The van der Waals surface area contributed by atoms with Gasteiger partial charge in [0.1, 0.15) is 6.42 Å².